The van der Waals surface area contributed by atoms with Gasteiger partial charge in [0, 0.05) is 37.2 Å². The number of carbonyl (C=O) groups excluding carboxylic acids is 3. The van der Waals surface area contributed by atoms with Crippen molar-refractivity contribution in [1.82, 2.24) is 14.9 Å². The van der Waals surface area contributed by atoms with Gasteiger partial charge in [0.2, 0.25) is 5.78 Å². The molecule has 2 bridgehead atoms. The second kappa shape index (κ2) is 7.42. The number of allylic oxidation sites excluding steroid dienone is 2. The molecule has 7 nitrogen and oxygen atoms in total. The van der Waals surface area contributed by atoms with E-state index in [1.807, 2.05) is 0 Å². The van der Waals surface area contributed by atoms with Crippen LogP contribution in [-0.2, 0) is 16.6 Å². The Kier molecular flexibility index (Phi) is 4.81. The highest BCUT2D eigenvalue weighted by molar-refractivity contribution is 6.39. The summed E-state index contributed by atoms with van der Waals surface area (Å²) >= 11 is 0. The van der Waals surface area contributed by atoms with Gasteiger partial charge in [-0.05, 0) is 42.7 Å². The van der Waals surface area contributed by atoms with E-state index in [0.29, 0.717) is 41.4 Å². The number of nitrogens with one attached hydrogen (secondary N) is 2. The van der Waals surface area contributed by atoms with Crippen molar-refractivity contribution in [3.63, 3.8) is 0 Å². The van der Waals surface area contributed by atoms with Crippen molar-refractivity contribution in [3.05, 3.63) is 60.2 Å². The van der Waals surface area contributed by atoms with Gasteiger partial charge >= 0.3 is 11.8 Å². The number of anilines is 1. The summed E-state index contributed by atoms with van der Waals surface area (Å²) in [6, 6.07) is 6.49. The number of hydrogen-bond acceptors (Lipinski definition) is 4. The molecule has 1 saturated carbocycles. The van der Waals surface area contributed by atoms with Crippen molar-refractivity contribution < 1.29 is 14.4 Å². The number of carbonyl (C=O) groups is 3. The minimum atomic E-state index is -0.736. The van der Waals surface area contributed by atoms with E-state index >= 15 is 0 Å². The molecule has 2 aromatic rings. The van der Waals surface area contributed by atoms with E-state index in [9.17, 15) is 14.4 Å². The number of aromatic nitrogens is 2. The first-order valence-corrected chi connectivity index (χ1v) is 9.41. The standard InChI is InChI=1S/C21H22N4O3/c1-25-8-7-22-19(25)18(26)15-3-2-4-17(11-15)24-21(28)20(27)23-12-16-10-13-5-6-14(16)9-13/h2-8,11,13-14,16H,9-10,12H2,1H3,(H,23,27)(H,24,28). The molecule has 7 heteroatoms. The van der Waals surface area contributed by atoms with Crippen LogP contribution in [0.2, 0.25) is 0 Å². The number of amides is 2. The summed E-state index contributed by atoms with van der Waals surface area (Å²) in [6.07, 6.45) is 9.93. The second-order valence-electron chi connectivity index (χ2n) is 7.48. The van der Waals surface area contributed by atoms with Crippen LogP contribution >= 0.6 is 0 Å². The minimum Gasteiger partial charge on any atom is -0.348 e. The Hall–Kier alpha value is -3.22. The Morgan fingerprint density at radius 3 is 2.71 bits per heavy atom. The van der Waals surface area contributed by atoms with Crippen LogP contribution in [0.25, 0.3) is 0 Å². The summed E-state index contributed by atoms with van der Waals surface area (Å²) in [4.78, 5) is 40.9. The fourth-order valence-electron chi connectivity index (χ4n) is 4.07. The zero-order valence-electron chi connectivity index (χ0n) is 15.6. The van der Waals surface area contributed by atoms with Crippen LogP contribution in [0.4, 0.5) is 5.69 Å². The van der Waals surface area contributed by atoms with Gasteiger partial charge in [0.25, 0.3) is 0 Å². The molecule has 0 radical (unpaired) electrons. The van der Waals surface area contributed by atoms with Gasteiger partial charge in [-0.1, -0.05) is 24.3 Å². The summed E-state index contributed by atoms with van der Waals surface area (Å²) in [5.74, 6) is 0.207. The number of rotatable bonds is 5. The van der Waals surface area contributed by atoms with Crippen LogP contribution < -0.4 is 10.6 Å². The first-order chi connectivity index (χ1) is 13.5. The van der Waals surface area contributed by atoms with Crippen molar-refractivity contribution in [2.45, 2.75) is 12.8 Å². The number of hydrogen-bond donors (Lipinski definition) is 2. The fraction of sp³-hybridized carbons (Fsp3) is 0.333. The van der Waals surface area contributed by atoms with E-state index < -0.39 is 11.8 Å². The fourth-order valence-corrected chi connectivity index (χ4v) is 4.07. The molecule has 28 heavy (non-hydrogen) atoms. The number of imidazole rings is 1. The van der Waals surface area contributed by atoms with Gasteiger partial charge in [-0.2, -0.15) is 0 Å². The van der Waals surface area contributed by atoms with E-state index in [1.54, 1.807) is 48.3 Å². The molecule has 3 unspecified atom stereocenters. The quantitative estimate of drug-likeness (QED) is 0.472. The van der Waals surface area contributed by atoms with E-state index in [0.717, 1.165) is 12.8 Å². The monoisotopic (exact) mass is 378 g/mol. The van der Waals surface area contributed by atoms with Gasteiger partial charge in [0.1, 0.15) is 0 Å². The lowest BCUT2D eigenvalue weighted by atomic mass is 9.94. The first-order valence-electron chi connectivity index (χ1n) is 9.41. The highest BCUT2D eigenvalue weighted by atomic mass is 16.2. The smallest absolute Gasteiger partial charge is 0.313 e. The first kappa shape index (κ1) is 18.2. The Bertz CT molecular complexity index is 962. The largest absolute Gasteiger partial charge is 0.348 e. The van der Waals surface area contributed by atoms with Crippen LogP contribution in [0.3, 0.4) is 0 Å². The van der Waals surface area contributed by atoms with Gasteiger partial charge in [0.05, 0.1) is 0 Å². The van der Waals surface area contributed by atoms with Crippen molar-refractivity contribution in [2.75, 3.05) is 11.9 Å². The van der Waals surface area contributed by atoms with Crippen LogP contribution in [0, 0.1) is 17.8 Å². The van der Waals surface area contributed by atoms with Gasteiger partial charge in [-0.25, -0.2) is 4.98 Å². The number of aryl methyl sites for hydroxylation is 1. The minimum absolute atomic E-state index is 0.252. The lowest BCUT2D eigenvalue weighted by Crippen LogP contribution is -2.38. The average molecular weight is 378 g/mol. The summed E-state index contributed by atoms with van der Waals surface area (Å²) in [6.45, 7) is 0.509. The third-order valence-electron chi connectivity index (χ3n) is 5.55. The highest BCUT2D eigenvalue weighted by Gasteiger charge is 2.35. The molecule has 144 valence electrons. The van der Waals surface area contributed by atoms with Crippen LogP contribution in [0.5, 0.6) is 0 Å². The molecule has 0 saturated heterocycles. The molecule has 2 amide bonds. The van der Waals surface area contributed by atoms with Crippen LogP contribution in [0.15, 0.2) is 48.8 Å². The molecule has 1 heterocycles. The normalized spacial score (nSPS) is 22.2. The molecule has 2 N–H and O–H groups in total. The van der Waals surface area contributed by atoms with E-state index in [2.05, 4.69) is 27.8 Å². The highest BCUT2D eigenvalue weighted by Crippen LogP contribution is 2.42. The molecule has 1 aromatic carbocycles. The molecule has 2 aliphatic carbocycles. The lowest BCUT2D eigenvalue weighted by Gasteiger charge is -2.18. The third-order valence-corrected chi connectivity index (χ3v) is 5.55. The zero-order chi connectivity index (χ0) is 19.7. The molecule has 1 fully saturated rings. The average Bonchev–Trinajstić information content (AvgIpc) is 3.42. The Balaban J connectivity index is 1.35. The van der Waals surface area contributed by atoms with E-state index in [1.165, 1.54) is 0 Å². The van der Waals surface area contributed by atoms with Gasteiger partial charge in [-0.15, -0.1) is 0 Å². The van der Waals surface area contributed by atoms with Gasteiger partial charge in [0.15, 0.2) is 5.82 Å². The maximum atomic E-state index is 12.5. The number of benzene rings is 1. The van der Waals surface area contributed by atoms with Crippen molar-refractivity contribution >= 4 is 23.3 Å². The van der Waals surface area contributed by atoms with Crippen molar-refractivity contribution in [2.24, 2.45) is 24.8 Å². The number of nitrogens with zero attached hydrogens (tertiary/aromatic N) is 2. The maximum absolute atomic E-state index is 12.5. The van der Waals surface area contributed by atoms with E-state index in [-0.39, 0.29) is 5.78 Å². The summed E-state index contributed by atoms with van der Waals surface area (Å²) in [5, 5.41) is 5.29. The molecular weight excluding hydrogens is 356 g/mol. The second-order valence-corrected chi connectivity index (χ2v) is 7.48. The number of ketones is 1. The maximum Gasteiger partial charge on any atom is 0.313 e. The molecule has 2 aliphatic rings. The SMILES string of the molecule is Cn1ccnc1C(=O)c1cccc(NC(=O)C(=O)NCC2CC3C=CC2C3)c1. The summed E-state index contributed by atoms with van der Waals surface area (Å²) < 4.78 is 1.63. The Morgan fingerprint density at radius 1 is 1.18 bits per heavy atom. The van der Waals surface area contributed by atoms with E-state index in [4.69, 9.17) is 0 Å². The summed E-state index contributed by atoms with van der Waals surface area (Å²) in [5.41, 5.74) is 0.782. The number of fused-ring (bicyclic) bond motifs is 2. The topological polar surface area (TPSA) is 93.1 Å². The molecule has 4 rings (SSSR count). The summed E-state index contributed by atoms with van der Waals surface area (Å²) in [7, 11) is 1.74. The third kappa shape index (κ3) is 3.60. The van der Waals surface area contributed by atoms with Crippen LogP contribution in [0.1, 0.15) is 29.0 Å². The molecular formula is C21H22N4O3. The zero-order valence-corrected chi connectivity index (χ0v) is 15.6. The molecule has 1 aromatic heterocycles. The van der Waals surface area contributed by atoms with Crippen molar-refractivity contribution in [1.29, 1.82) is 0 Å². The molecule has 0 spiro atoms. The molecule has 3 atom stereocenters. The molecule has 0 aliphatic heterocycles. The van der Waals surface area contributed by atoms with Gasteiger partial charge in [-0.3, -0.25) is 14.4 Å². The predicted molar refractivity (Wildman–Crippen MR) is 104 cm³/mol. The lowest BCUT2D eigenvalue weighted by molar-refractivity contribution is -0.136. The van der Waals surface area contributed by atoms with Crippen molar-refractivity contribution in [3.8, 4) is 0 Å². The van der Waals surface area contributed by atoms with Crippen LogP contribution in [-0.4, -0.2) is 33.7 Å². The Morgan fingerprint density at radius 2 is 2.04 bits per heavy atom. The van der Waals surface area contributed by atoms with Gasteiger partial charge < -0.3 is 15.2 Å². The predicted octanol–water partition coefficient (Wildman–Crippen LogP) is 1.92. The Labute approximate surface area is 162 Å².